The molecule has 0 saturated carbocycles. The molecule has 2 aromatic carbocycles. The van der Waals surface area contributed by atoms with E-state index < -0.39 is 5.97 Å². The second-order valence-electron chi connectivity index (χ2n) is 4.55. The van der Waals surface area contributed by atoms with E-state index in [4.69, 9.17) is 33.0 Å². The molecule has 5 heteroatoms. The zero-order valence-electron chi connectivity index (χ0n) is 11.2. The predicted molar refractivity (Wildman–Crippen MR) is 83.5 cm³/mol. The van der Waals surface area contributed by atoms with Gasteiger partial charge in [-0.05, 0) is 41.8 Å². The average Bonchev–Trinajstić information content (AvgIpc) is 2.43. The Kier molecular flexibility index (Phi) is 5.48. The number of carboxylic acids is 1. The van der Waals surface area contributed by atoms with Crippen LogP contribution < -0.4 is 4.74 Å². The summed E-state index contributed by atoms with van der Waals surface area (Å²) in [6.07, 6.45) is 0.688. The standard InChI is InChI=1S/C16H14Cl2O3/c17-13-4-3-12(15(18)10-13)9-11-1-5-14(6-2-11)21-8-7-16(19)20/h1-6,10H,7-9H2,(H,19,20). The van der Waals surface area contributed by atoms with E-state index in [1.807, 2.05) is 36.4 Å². The molecule has 0 radical (unpaired) electrons. The van der Waals surface area contributed by atoms with Gasteiger partial charge in [-0.1, -0.05) is 41.4 Å². The lowest BCUT2D eigenvalue weighted by atomic mass is 10.0. The Hall–Kier alpha value is -1.71. The van der Waals surface area contributed by atoms with Crippen molar-refractivity contribution >= 4 is 29.2 Å². The normalized spacial score (nSPS) is 10.4. The molecule has 21 heavy (non-hydrogen) atoms. The highest BCUT2D eigenvalue weighted by molar-refractivity contribution is 6.35. The lowest BCUT2D eigenvalue weighted by molar-refractivity contribution is -0.137. The minimum absolute atomic E-state index is 0.0118. The Balaban J connectivity index is 1.97. The van der Waals surface area contributed by atoms with E-state index in [9.17, 15) is 4.79 Å². The van der Waals surface area contributed by atoms with Crippen molar-refractivity contribution in [2.75, 3.05) is 6.61 Å². The van der Waals surface area contributed by atoms with Crippen molar-refractivity contribution in [2.45, 2.75) is 12.8 Å². The zero-order valence-corrected chi connectivity index (χ0v) is 12.7. The van der Waals surface area contributed by atoms with Gasteiger partial charge in [0.25, 0.3) is 0 Å². The molecule has 3 nitrogen and oxygen atoms in total. The summed E-state index contributed by atoms with van der Waals surface area (Å²) in [5.41, 5.74) is 2.09. The Morgan fingerprint density at radius 3 is 2.43 bits per heavy atom. The highest BCUT2D eigenvalue weighted by Gasteiger charge is 2.04. The average molecular weight is 325 g/mol. The second kappa shape index (κ2) is 7.34. The first-order chi connectivity index (χ1) is 10.0. The first-order valence-electron chi connectivity index (χ1n) is 6.42. The first-order valence-corrected chi connectivity index (χ1v) is 7.17. The molecule has 2 aromatic rings. The molecule has 0 fully saturated rings. The van der Waals surface area contributed by atoms with Crippen LogP contribution in [-0.4, -0.2) is 17.7 Å². The minimum Gasteiger partial charge on any atom is -0.493 e. The number of halogens is 2. The number of rotatable bonds is 6. The molecule has 0 aliphatic carbocycles. The Bertz CT molecular complexity index is 624. The summed E-state index contributed by atoms with van der Waals surface area (Å²) in [7, 11) is 0. The Morgan fingerprint density at radius 1 is 1.10 bits per heavy atom. The molecular formula is C16H14Cl2O3. The number of carbonyl (C=O) groups is 1. The fourth-order valence-corrected chi connectivity index (χ4v) is 2.32. The van der Waals surface area contributed by atoms with Crippen molar-refractivity contribution in [3.05, 3.63) is 63.6 Å². The molecule has 1 N–H and O–H groups in total. The van der Waals surface area contributed by atoms with Crippen LogP contribution in [0.1, 0.15) is 17.5 Å². The van der Waals surface area contributed by atoms with Crippen molar-refractivity contribution in [3.63, 3.8) is 0 Å². The van der Waals surface area contributed by atoms with Crippen molar-refractivity contribution in [2.24, 2.45) is 0 Å². The summed E-state index contributed by atoms with van der Waals surface area (Å²) < 4.78 is 5.34. The van der Waals surface area contributed by atoms with Gasteiger partial charge in [0.05, 0.1) is 13.0 Å². The second-order valence-corrected chi connectivity index (χ2v) is 5.39. The number of benzene rings is 2. The number of ether oxygens (including phenoxy) is 1. The van der Waals surface area contributed by atoms with Gasteiger partial charge in [-0.2, -0.15) is 0 Å². The predicted octanol–water partition coefficient (Wildman–Crippen LogP) is 4.44. The van der Waals surface area contributed by atoms with E-state index in [2.05, 4.69) is 0 Å². The topological polar surface area (TPSA) is 46.5 Å². The van der Waals surface area contributed by atoms with Gasteiger partial charge in [0.1, 0.15) is 5.75 Å². The van der Waals surface area contributed by atoms with Crippen LogP contribution in [0.5, 0.6) is 5.75 Å². The smallest absolute Gasteiger partial charge is 0.306 e. The molecule has 0 unspecified atom stereocenters. The molecular weight excluding hydrogens is 311 g/mol. The van der Waals surface area contributed by atoms with Gasteiger partial charge < -0.3 is 9.84 Å². The van der Waals surface area contributed by atoms with Gasteiger partial charge in [0, 0.05) is 10.0 Å². The van der Waals surface area contributed by atoms with Gasteiger partial charge in [-0.15, -0.1) is 0 Å². The minimum atomic E-state index is -0.871. The number of carboxylic acid groups (broad SMARTS) is 1. The molecule has 110 valence electrons. The summed E-state index contributed by atoms with van der Waals surface area (Å²) in [6, 6.07) is 12.9. The third-order valence-electron chi connectivity index (χ3n) is 2.92. The zero-order chi connectivity index (χ0) is 15.2. The Morgan fingerprint density at radius 2 is 1.81 bits per heavy atom. The van der Waals surface area contributed by atoms with E-state index in [1.54, 1.807) is 6.07 Å². The fourth-order valence-electron chi connectivity index (χ4n) is 1.84. The van der Waals surface area contributed by atoms with E-state index in [0.29, 0.717) is 22.2 Å². The maximum atomic E-state index is 10.4. The van der Waals surface area contributed by atoms with Crippen molar-refractivity contribution in [3.8, 4) is 5.75 Å². The molecule has 0 spiro atoms. The highest BCUT2D eigenvalue weighted by atomic mass is 35.5. The molecule has 0 bridgehead atoms. The lowest BCUT2D eigenvalue weighted by Crippen LogP contribution is -2.04. The van der Waals surface area contributed by atoms with Crippen LogP contribution in [0.2, 0.25) is 10.0 Å². The first kappa shape index (κ1) is 15.7. The van der Waals surface area contributed by atoms with E-state index in [0.717, 1.165) is 11.1 Å². The summed E-state index contributed by atoms with van der Waals surface area (Å²) in [5.74, 6) is -0.216. The molecule has 0 atom stereocenters. The van der Waals surface area contributed by atoms with Crippen LogP contribution in [0.4, 0.5) is 0 Å². The molecule has 0 heterocycles. The lowest BCUT2D eigenvalue weighted by Gasteiger charge is -2.07. The van der Waals surface area contributed by atoms with E-state index in [1.165, 1.54) is 0 Å². The molecule has 0 saturated heterocycles. The molecule has 0 aliphatic heterocycles. The molecule has 0 aliphatic rings. The van der Waals surface area contributed by atoms with Crippen molar-refractivity contribution < 1.29 is 14.6 Å². The van der Waals surface area contributed by atoms with Gasteiger partial charge >= 0.3 is 5.97 Å². The quantitative estimate of drug-likeness (QED) is 0.854. The van der Waals surface area contributed by atoms with Crippen molar-refractivity contribution in [1.82, 2.24) is 0 Å². The van der Waals surface area contributed by atoms with Crippen LogP contribution in [0.15, 0.2) is 42.5 Å². The molecule has 0 aromatic heterocycles. The summed E-state index contributed by atoms with van der Waals surface area (Å²) in [4.78, 5) is 10.4. The van der Waals surface area contributed by atoms with Crippen LogP contribution in [0, 0.1) is 0 Å². The summed E-state index contributed by atoms with van der Waals surface area (Å²) >= 11 is 12.0. The fraction of sp³-hybridized carbons (Fsp3) is 0.188. The van der Waals surface area contributed by atoms with Gasteiger partial charge in [0.15, 0.2) is 0 Å². The number of aliphatic carboxylic acids is 1. The van der Waals surface area contributed by atoms with Crippen LogP contribution >= 0.6 is 23.2 Å². The molecule has 0 amide bonds. The van der Waals surface area contributed by atoms with E-state index >= 15 is 0 Å². The summed E-state index contributed by atoms with van der Waals surface area (Å²) in [5, 5.41) is 9.80. The highest BCUT2D eigenvalue weighted by Crippen LogP contribution is 2.24. The monoisotopic (exact) mass is 324 g/mol. The van der Waals surface area contributed by atoms with Crippen molar-refractivity contribution in [1.29, 1.82) is 0 Å². The van der Waals surface area contributed by atoms with Crippen LogP contribution in [0.3, 0.4) is 0 Å². The van der Waals surface area contributed by atoms with Gasteiger partial charge in [-0.25, -0.2) is 0 Å². The van der Waals surface area contributed by atoms with Gasteiger partial charge in [0.2, 0.25) is 0 Å². The molecule has 2 rings (SSSR count). The Labute approximate surface area is 133 Å². The SMILES string of the molecule is O=C(O)CCOc1ccc(Cc2ccc(Cl)cc2Cl)cc1. The van der Waals surface area contributed by atoms with Crippen LogP contribution in [-0.2, 0) is 11.2 Å². The summed E-state index contributed by atoms with van der Waals surface area (Å²) in [6.45, 7) is 0.164. The largest absolute Gasteiger partial charge is 0.493 e. The number of hydrogen-bond acceptors (Lipinski definition) is 2. The third-order valence-corrected chi connectivity index (χ3v) is 3.50. The third kappa shape index (κ3) is 4.96. The van der Waals surface area contributed by atoms with E-state index in [-0.39, 0.29) is 13.0 Å². The van der Waals surface area contributed by atoms with Gasteiger partial charge in [-0.3, -0.25) is 4.79 Å². The number of hydrogen-bond donors (Lipinski definition) is 1. The maximum Gasteiger partial charge on any atom is 0.306 e. The maximum absolute atomic E-state index is 10.4. The van der Waals surface area contributed by atoms with Crippen LogP contribution in [0.25, 0.3) is 0 Å².